The number of hydrogen-bond acceptors (Lipinski definition) is 3. The average Bonchev–Trinajstić information content (AvgIpc) is 2.39. The molecule has 0 saturated carbocycles. The van der Waals surface area contributed by atoms with Gasteiger partial charge in [-0.05, 0) is 47.6 Å². The van der Waals surface area contributed by atoms with Gasteiger partial charge in [-0.3, -0.25) is 14.6 Å². The number of likely N-dealkylation sites (N-methyl/N-ethyl adjacent to an activating group) is 1. The van der Waals surface area contributed by atoms with Crippen LogP contribution in [0.15, 0.2) is 0 Å². The van der Waals surface area contributed by atoms with E-state index < -0.39 is 5.54 Å². The van der Waals surface area contributed by atoms with Gasteiger partial charge in [0.15, 0.2) is 0 Å². The van der Waals surface area contributed by atoms with Crippen LogP contribution in [0.1, 0.15) is 40.5 Å². The van der Waals surface area contributed by atoms with Crippen molar-refractivity contribution < 1.29 is 9.59 Å². The first-order valence-corrected chi connectivity index (χ1v) is 6.36. The van der Waals surface area contributed by atoms with Gasteiger partial charge in [-0.1, -0.05) is 0 Å². The number of nitrogens with zero attached hydrogens (tertiary/aromatic N) is 2. The summed E-state index contributed by atoms with van der Waals surface area (Å²) in [7, 11) is 3.63. The first-order chi connectivity index (χ1) is 8.02. The highest BCUT2D eigenvalue weighted by Crippen LogP contribution is 2.44. The topological polar surface area (TPSA) is 52.7 Å². The highest BCUT2D eigenvalue weighted by molar-refractivity contribution is 6.07. The van der Waals surface area contributed by atoms with Crippen LogP contribution in [-0.2, 0) is 4.79 Å². The van der Waals surface area contributed by atoms with Gasteiger partial charge < -0.3 is 5.32 Å². The van der Waals surface area contributed by atoms with E-state index in [1.54, 1.807) is 7.05 Å². The lowest BCUT2D eigenvalue weighted by Gasteiger charge is -2.56. The first-order valence-electron chi connectivity index (χ1n) is 6.36. The summed E-state index contributed by atoms with van der Waals surface area (Å²) in [5.74, 6) is -0.0956. The monoisotopic (exact) mass is 253 g/mol. The molecule has 0 radical (unpaired) electrons. The van der Waals surface area contributed by atoms with Gasteiger partial charge in [-0.25, -0.2) is 4.79 Å². The standard InChI is InChI=1S/C13H23N3O2/c1-11(2)7-13(8-12(3,4)16(11)6)9(17)15(5)10(18)14-13/h7-8H2,1-6H3,(H,14,18). The Morgan fingerprint density at radius 1 is 1.00 bits per heavy atom. The molecule has 2 aliphatic rings. The van der Waals surface area contributed by atoms with Gasteiger partial charge in [0.2, 0.25) is 0 Å². The summed E-state index contributed by atoms with van der Waals surface area (Å²) in [6.45, 7) is 8.47. The normalized spacial score (nSPS) is 29.8. The number of nitrogens with one attached hydrogen (secondary N) is 1. The van der Waals surface area contributed by atoms with E-state index in [4.69, 9.17) is 0 Å². The van der Waals surface area contributed by atoms with Crippen molar-refractivity contribution in [1.82, 2.24) is 15.1 Å². The molecule has 2 aliphatic heterocycles. The second-order valence-electron chi connectivity index (χ2n) is 6.91. The molecular formula is C13H23N3O2. The van der Waals surface area contributed by atoms with Gasteiger partial charge in [0.25, 0.3) is 5.91 Å². The minimum absolute atomic E-state index is 0.0956. The van der Waals surface area contributed by atoms with E-state index in [9.17, 15) is 9.59 Å². The quantitative estimate of drug-likeness (QED) is 0.660. The predicted octanol–water partition coefficient (Wildman–Crippen LogP) is 1.19. The van der Waals surface area contributed by atoms with Crippen molar-refractivity contribution in [2.45, 2.75) is 57.2 Å². The van der Waals surface area contributed by atoms with Gasteiger partial charge in [0.05, 0.1) is 0 Å². The summed E-state index contributed by atoms with van der Waals surface area (Å²) in [5, 5.41) is 2.91. The molecule has 0 bridgehead atoms. The molecule has 5 heteroatoms. The molecule has 0 unspecified atom stereocenters. The van der Waals surface area contributed by atoms with E-state index in [1.165, 1.54) is 4.90 Å². The molecule has 3 amide bonds. The number of hydrogen-bond donors (Lipinski definition) is 1. The third-order valence-corrected chi connectivity index (χ3v) is 4.65. The number of urea groups is 1. The summed E-state index contributed by atoms with van der Waals surface area (Å²) in [5.41, 5.74) is -0.989. The number of carbonyl (C=O) groups excluding carboxylic acids is 2. The van der Waals surface area contributed by atoms with Crippen LogP contribution in [0.3, 0.4) is 0 Å². The Kier molecular flexibility index (Phi) is 2.57. The number of amides is 3. The highest BCUT2D eigenvalue weighted by Gasteiger charge is 2.59. The molecule has 0 aromatic rings. The Morgan fingerprint density at radius 2 is 1.44 bits per heavy atom. The number of rotatable bonds is 0. The predicted molar refractivity (Wildman–Crippen MR) is 69.2 cm³/mol. The van der Waals surface area contributed by atoms with E-state index in [-0.39, 0.29) is 23.0 Å². The summed E-state index contributed by atoms with van der Waals surface area (Å²) in [6.07, 6.45) is 1.30. The maximum Gasteiger partial charge on any atom is 0.324 e. The number of carbonyl (C=O) groups is 2. The molecule has 2 fully saturated rings. The van der Waals surface area contributed by atoms with Crippen LogP contribution in [0, 0.1) is 0 Å². The smallest absolute Gasteiger partial charge is 0.323 e. The van der Waals surface area contributed by atoms with Crippen molar-refractivity contribution in [1.29, 1.82) is 0 Å². The molecule has 2 heterocycles. The summed E-state index contributed by atoms with van der Waals surface area (Å²) >= 11 is 0. The molecule has 0 atom stereocenters. The van der Waals surface area contributed by atoms with Crippen LogP contribution in [0.25, 0.3) is 0 Å². The van der Waals surface area contributed by atoms with E-state index in [0.717, 1.165) is 0 Å². The van der Waals surface area contributed by atoms with Crippen molar-refractivity contribution in [3.05, 3.63) is 0 Å². The number of piperidine rings is 1. The van der Waals surface area contributed by atoms with Gasteiger partial charge in [0, 0.05) is 18.1 Å². The van der Waals surface area contributed by atoms with E-state index >= 15 is 0 Å². The maximum absolute atomic E-state index is 12.4. The van der Waals surface area contributed by atoms with E-state index in [1.807, 2.05) is 0 Å². The Hall–Kier alpha value is -1.10. The largest absolute Gasteiger partial charge is 0.324 e. The zero-order valence-corrected chi connectivity index (χ0v) is 12.1. The summed E-state index contributed by atoms with van der Waals surface area (Å²) in [6, 6.07) is -0.281. The molecule has 0 aromatic heterocycles. The average molecular weight is 253 g/mol. The van der Waals surface area contributed by atoms with Crippen LogP contribution >= 0.6 is 0 Å². The fourth-order valence-electron chi connectivity index (χ4n) is 3.59. The lowest BCUT2D eigenvalue weighted by atomic mass is 9.69. The van der Waals surface area contributed by atoms with Gasteiger partial charge in [-0.2, -0.15) is 0 Å². The minimum atomic E-state index is -0.731. The van der Waals surface area contributed by atoms with Crippen LogP contribution in [0.4, 0.5) is 4.79 Å². The zero-order valence-electron chi connectivity index (χ0n) is 12.1. The van der Waals surface area contributed by atoms with Gasteiger partial charge in [-0.15, -0.1) is 0 Å². The van der Waals surface area contributed by atoms with Crippen molar-refractivity contribution in [3.63, 3.8) is 0 Å². The maximum atomic E-state index is 12.4. The molecule has 1 spiro atoms. The number of imide groups is 1. The molecule has 2 saturated heterocycles. The van der Waals surface area contributed by atoms with E-state index in [0.29, 0.717) is 12.8 Å². The van der Waals surface area contributed by atoms with Gasteiger partial charge >= 0.3 is 6.03 Å². The number of likely N-dealkylation sites (tertiary alicyclic amines) is 1. The minimum Gasteiger partial charge on any atom is -0.323 e. The first kappa shape index (κ1) is 13.3. The Labute approximate surface area is 108 Å². The SMILES string of the molecule is CN1C(=O)NC2(CC(C)(C)N(C)C(C)(C)C2)C1=O. The second kappa shape index (κ2) is 3.47. The molecule has 5 nitrogen and oxygen atoms in total. The Balaban J connectivity index is 2.43. The van der Waals surface area contributed by atoms with Crippen LogP contribution in [-0.4, -0.2) is 52.5 Å². The highest BCUT2D eigenvalue weighted by atomic mass is 16.2. The van der Waals surface area contributed by atoms with Crippen LogP contribution in [0.5, 0.6) is 0 Å². The molecule has 102 valence electrons. The summed E-state index contributed by atoms with van der Waals surface area (Å²) in [4.78, 5) is 27.6. The lowest BCUT2D eigenvalue weighted by Crippen LogP contribution is -2.68. The van der Waals surface area contributed by atoms with Crippen molar-refractivity contribution in [2.24, 2.45) is 0 Å². The van der Waals surface area contributed by atoms with Gasteiger partial charge in [0.1, 0.15) is 5.54 Å². The fraction of sp³-hybridized carbons (Fsp3) is 0.846. The van der Waals surface area contributed by atoms with Crippen molar-refractivity contribution in [2.75, 3.05) is 14.1 Å². The third-order valence-electron chi connectivity index (χ3n) is 4.65. The molecule has 18 heavy (non-hydrogen) atoms. The molecular weight excluding hydrogens is 230 g/mol. The molecule has 2 rings (SSSR count). The Bertz CT molecular complexity index is 396. The summed E-state index contributed by atoms with van der Waals surface area (Å²) < 4.78 is 0. The second-order valence-corrected chi connectivity index (χ2v) is 6.91. The fourth-order valence-corrected chi connectivity index (χ4v) is 3.59. The molecule has 0 aliphatic carbocycles. The molecule has 0 aromatic carbocycles. The Morgan fingerprint density at radius 3 is 1.78 bits per heavy atom. The molecule has 1 N–H and O–H groups in total. The van der Waals surface area contributed by atoms with Crippen molar-refractivity contribution >= 4 is 11.9 Å². The van der Waals surface area contributed by atoms with Crippen LogP contribution in [0.2, 0.25) is 0 Å². The van der Waals surface area contributed by atoms with E-state index in [2.05, 4.69) is 45.0 Å². The van der Waals surface area contributed by atoms with Crippen LogP contribution < -0.4 is 5.32 Å². The third kappa shape index (κ3) is 1.64. The van der Waals surface area contributed by atoms with Crippen molar-refractivity contribution in [3.8, 4) is 0 Å². The zero-order chi connectivity index (χ0) is 13.9. The lowest BCUT2D eigenvalue weighted by molar-refractivity contribution is -0.138.